The molecule has 0 saturated carbocycles. The first-order chi connectivity index (χ1) is 12.8. The van der Waals surface area contributed by atoms with E-state index in [-0.39, 0.29) is 23.1 Å². The molecule has 1 aromatic carbocycles. The Morgan fingerprint density at radius 3 is 2.52 bits per heavy atom. The predicted octanol–water partition coefficient (Wildman–Crippen LogP) is 0.624. The number of amides is 1. The van der Waals surface area contributed by atoms with E-state index in [1.54, 1.807) is 31.2 Å². The van der Waals surface area contributed by atoms with E-state index in [9.17, 15) is 19.5 Å². The molecule has 1 heterocycles. The number of nitrogens with zero attached hydrogens (tertiary/aromatic N) is 1. The van der Waals surface area contributed by atoms with Crippen LogP contribution in [-0.4, -0.2) is 33.7 Å². The lowest BCUT2D eigenvalue weighted by Gasteiger charge is -2.15. The minimum atomic E-state index is -1.27. The van der Waals surface area contributed by atoms with Gasteiger partial charge in [0, 0.05) is 5.56 Å². The highest BCUT2D eigenvalue weighted by atomic mass is 32.2. The van der Waals surface area contributed by atoms with Gasteiger partial charge in [0.2, 0.25) is 0 Å². The van der Waals surface area contributed by atoms with Crippen molar-refractivity contribution >= 4 is 35.1 Å². The fourth-order valence-electron chi connectivity index (χ4n) is 2.13. The van der Waals surface area contributed by atoms with Crippen molar-refractivity contribution in [3.63, 3.8) is 0 Å². The number of aliphatic carboxylic acids is 1. The van der Waals surface area contributed by atoms with Crippen molar-refractivity contribution in [2.45, 2.75) is 30.7 Å². The van der Waals surface area contributed by atoms with Gasteiger partial charge < -0.3 is 25.7 Å². The van der Waals surface area contributed by atoms with Crippen LogP contribution in [0, 0.1) is 0 Å². The standard InChI is InChI=1S/C17H20N4O5S/c1-3-11(16(24)25)27-17-20-13(18)12(15(23)21-17)19-14(22)9-5-7-10(8-6-9)26-4-2/h5-8,11H,3-4H2,1-2H3,(H,19,22)(H,24,25)(H3,18,20,21,23)/p-1/t11-/m0/s1. The summed E-state index contributed by atoms with van der Waals surface area (Å²) < 4.78 is 5.30. The van der Waals surface area contributed by atoms with Crippen LogP contribution in [0.5, 0.6) is 5.75 Å². The second-order valence-corrected chi connectivity index (χ2v) is 6.57. The highest BCUT2D eigenvalue weighted by Crippen LogP contribution is 2.23. The summed E-state index contributed by atoms with van der Waals surface area (Å²) in [5.74, 6) is -1.41. The fourth-order valence-corrected chi connectivity index (χ4v) is 2.97. The zero-order chi connectivity index (χ0) is 20.0. The smallest absolute Gasteiger partial charge is 0.277 e. The predicted molar refractivity (Wildman–Crippen MR) is 99.8 cm³/mol. The van der Waals surface area contributed by atoms with E-state index in [1.165, 1.54) is 0 Å². The van der Waals surface area contributed by atoms with Crippen molar-refractivity contribution in [3.05, 3.63) is 40.2 Å². The number of carbonyl (C=O) groups is 2. The number of rotatable bonds is 8. The van der Waals surface area contributed by atoms with E-state index in [2.05, 4.69) is 15.3 Å². The molecule has 0 saturated heterocycles. The Bertz CT molecular complexity index is 882. The molecule has 0 radical (unpaired) electrons. The Hall–Kier alpha value is -3.01. The molecule has 144 valence electrons. The average Bonchev–Trinajstić information content (AvgIpc) is 2.63. The van der Waals surface area contributed by atoms with Crippen LogP contribution in [0.1, 0.15) is 30.6 Å². The van der Waals surface area contributed by atoms with Gasteiger partial charge in [0.25, 0.3) is 11.5 Å². The number of nitrogens with two attached hydrogens (primary N) is 1. The van der Waals surface area contributed by atoms with Crippen LogP contribution in [0.4, 0.5) is 11.5 Å². The van der Waals surface area contributed by atoms with Gasteiger partial charge in [-0.2, -0.15) is 0 Å². The lowest BCUT2D eigenvalue weighted by molar-refractivity contribution is -0.304. The maximum atomic E-state index is 12.3. The summed E-state index contributed by atoms with van der Waals surface area (Å²) in [7, 11) is 0. The van der Waals surface area contributed by atoms with Gasteiger partial charge in [-0.25, -0.2) is 4.98 Å². The number of carboxylic acid groups (broad SMARTS) is 1. The van der Waals surface area contributed by atoms with Gasteiger partial charge in [-0.15, -0.1) is 0 Å². The number of thioether (sulfide) groups is 1. The van der Waals surface area contributed by atoms with E-state index in [4.69, 9.17) is 10.5 Å². The van der Waals surface area contributed by atoms with Crippen molar-refractivity contribution in [3.8, 4) is 5.75 Å². The maximum Gasteiger partial charge on any atom is 0.277 e. The number of aromatic amines is 1. The summed E-state index contributed by atoms with van der Waals surface area (Å²) in [6.07, 6.45) is 0.285. The number of aromatic nitrogens is 2. The molecular formula is C17H19N4O5S-. The monoisotopic (exact) mass is 391 g/mol. The number of nitrogens with one attached hydrogen (secondary N) is 2. The third-order valence-corrected chi connectivity index (χ3v) is 4.71. The Kier molecular flexibility index (Phi) is 6.83. The van der Waals surface area contributed by atoms with E-state index >= 15 is 0 Å². The van der Waals surface area contributed by atoms with Gasteiger partial charge in [-0.3, -0.25) is 14.6 Å². The molecule has 0 fully saturated rings. The zero-order valence-corrected chi connectivity index (χ0v) is 15.6. The van der Waals surface area contributed by atoms with E-state index < -0.39 is 22.7 Å². The molecule has 1 amide bonds. The van der Waals surface area contributed by atoms with Crippen molar-refractivity contribution < 1.29 is 19.4 Å². The first-order valence-electron chi connectivity index (χ1n) is 8.17. The van der Waals surface area contributed by atoms with Gasteiger partial charge in [0.15, 0.2) is 11.0 Å². The van der Waals surface area contributed by atoms with Gasteiger partial charge in [-0.1, -0.05) is 18.7 Å². The van der Waals surface area contributed by atoms with Crippen molar-refractivity contribution in [2.75, 3.05) is 17.7 Å². The van der Waals surface area contributed by atoms with Gasteiger partial charge in [0.1, 0.15) is 11.4 Å². The van der Waals surface area contributed by atoms with Crippen molar-refractivity contribution in [1.82, 2.24) is 9.97 Å². The van der Waals surface area contributed by atoms with Gasteiger partial charge >= 0.3 is 0 Å². The molecule has 2 aromatic rings. The number of hydrogen-bond donors (Lipinski definition) is 3. The number of ether oxygens (including phenoxy) is 1. The van der Waals surface area contributed by atoms with Crippen molar-refractivity contribution in [2.24, 2.45) is 0 Å². The molecule has 0 aliphatic heterocycles. The summed E-state index contributed by atoms with van der Waals surface area (Å²) in [5, 5.41) is 12.6. The lowest BCUT2D eigenvalue weighted by Crippen LogP contribution is -2.33. The molecule has 0 bridgehead atoms. The number of benzene rings is 1. The molecule has 27 heavy (non-hydrogen) atoms. The molecule has 0 aliphatic rings. The second-order valence-electron chi connectivity index (χ2n) is 5.38. The SMILES string of the molecule is CCOc1ccc(C(=O)Nc2c(N)nc(S[C@@H](CC)C(=O)[O-])[nH]c2=O)cc1. The summed E-state index contributed by atoms with van der Waals surface area (Å²) in [6.45, 7) is 4.02. The van der Waals surface area contributed by atoms with Gasteiger partial charge in [-0.05, 0) is 37.6 Å². The third kappa shape index (κ3) is 5.23. The van der Waals surface area contributed by atoms with Crippen LogP contribution in [0.3, 0.4) is 0 Å². The Morgan fingerprint density at radius 2 is 2.00 bits per heavy atom. The number of carbonyl (C=O) groups excluding carboxylic acids is 2. The minimum Gasteiger partial charge on any atom is -0.549 e. The second kappa shape index (κ2) is 9.08. The highest BCUT2D eigenvalue weighted by Gasteiger charge is 2.17. The first-order valence-corrected chi connectivity index (χ1v) is 9.05. The van der Waals surface area contributed by atoms with Crippen LogP contribution in [-0.2, 0) is 4.79 Å². The summed E-state index contributed by atoms with van der Waals surface area (Å²) in [4.78, 5) is 41.9. The number of hydrogen-bond acceptors (Lipinski definition) is 8. The molecule has 1 aromatic heterocycles. The van der Waals surface area contributed by atoms with E-state index in [1.807, 2.05) is 6.92 Å². The van der Waals surface area contributed by atoms with Crippen LogP contribution in [0.25, 0.3) is 0 Å². The Labute approximate surface area is 159 Å². The molecular weight excluding hydrogens is 372 g/mol. The van der Waals surface area contributed by atoms with Crippen LogP contribution in [0.15, 0.2) is 34.2 Å². The highest BCUT2D eigenvalue weighted by molar-refractivity contribution is 8.00. The number of H-pyrrole nitrogens is 1. The maximum absolute atomic E-state index is 12.3. The van der Waals surface area contributed by atoms with Crippen LogP contribution in [0.2, 0.25) is 0 Å². The summed E-state index contributed by atoms with van der Waals surface area (Å²) >= 11 is 0.820. The Morgan fingerprint density at radius 1 is 1.33 bits per heavy atom. The number of carboxylic acids is 1. The van der Waals surface area contributed by atoms with E-state index in [0.717, 1.165) is 11.8 Å². The quantitative estimate of drug-likeness (QED) is 0.438. The number of nitrogen functional groups attached to an aromatic ring is 1. The molecule has 0 unspecified atom stereocenters. The van der Waals surface area contributed by atoms with Crippen LogP contribution >= 0.6 is 11.8 Å². The molecule has 0 aliphatic carbocycles. The lowest BCUT2D eigenvalue weighted by atomic mass is 10.2. The molecule has 1 atom stereocenters. The first kappa shape index (κ1) is 20.3. The largest absolute Gasteiger partial charge is 0.549 e. The van der Waals surface area contributed by atoms with Crippen molar-refractivity contribution in [1.29, 1.82) is 0 Å². The minimum absolute atomic E-state index is 0.0348. The number of anilines is 2. The van der Waals surface area contributed by atoms with E-state index in [0.29, 0.717) is 17.9 Å². The zero-order valence-electron chi connectivity index (χ0n) is 14.8. The third-order valence-electron chi connectivity index (χ3n) is 3.48. The molecule has 0 spiro atoms. The average molecular weight is 391 g/mol. The topological polar surface area (TPSA) is 150 Å². The summed E-state index contributed by atoms with van der Waals surface area (Å²) in [5.41, 5.74) is 5.18. The van der Waals surface area contributed by atoms with Crippen LogP contribution < -0.4 is 26.5 Å². The molecule has 4 N–H and O–H groups in total. The summed E-state index contributed by atoms with van der Waals surface area (Å²) in [6, 6.07) is 6.37. The molecule has 10 heteroatoms. The normalized spacial score (nSPS) is 11.6. The fraction of sp³-hybridized carbons (Fsp3) is 0.294. The molecule has 9 nitrogen and oxygen atoms in total. The Balaban J connectivity index is 2.17. The van der Waals surface area contributed by atoms with Gasteiger partial charge in [0.05, 0.1) is 17.8 Å². The molecule has 2 rings (SSSR count).